The quantitative estimate of drug-likeness (QED) is 0.916. The first-order chi connectivity index (χ1) is 9.90. The van der Waals surface area contributed by atoms with Crippen LogP contribution in [0.5, 0.6) is 5.75 Å². The minimum atomic E-state index is -0.734. The highest BCUT2D eigenvalue weighted by Crippen LogP contribution is 2.34. The number of benzene rings is 1. The van der Waals surface area contributed by atoms with Gasteiger partial charge in [-0.15, -0.1) is 0 Å². The van der Waals surface area contributed by atoms with Gasteiger partial charge in [0.05, 0.1) is 18.1 Å². The van der Waals surface area contributed by atoms with Gasteiger partial charge in [0.25, 0.3) is 0 Å². The van der Waals surface area contributed by atoms with E-state index in [2.05, 4.69) is 11.8 Å². The number of methoxy groups -OCH3 is 1. The van der Waals surface area contributed by atoms with Gasteiger partial charge in [-0.25, -0.2) is 0 Å². The van der Waals surface area contributed by atoms with Gasteiger partial charge in [0, 0.05) is 30.2 Å². The van der Waals surface area contributed by atoms with Gasteiger partial charge in [-0.1, -0.05) is 30.1 Å². The average Bonchev–Trinajstić information content (AvgIpc) is 2.37. The number of halogens is 2. The largest absolute Gasteiger partial charge is 0.495 e. The topological polar surface area (TPSA) is 49.8 Å². The summed E-state index contributed by atoms with van der Waals surface area (Å²) in [6, 6.07) is 3.46. The molecule has 116 valence electrons. The maximum Gasteiger partial charge on any atom is 0.307 e. The van der Waals surface area contributed by atoms with Crippen LogP contribution in [0.15, 0.2) is 12.1 Å². The zero-order valence-corrected chi connectivity index (χ0v) is 13.6. The van der Waals surface area contributed by atoms with E-state index in [0.29, 0.717) is 34.8 Å². The van der Waals surface area contributed by atoms with Crippen LogP contribution in [0, 0.1) is 11.8 Å². The predicted octanol–water partition coefficient (Wildman–Crippen LogP) is 3.54. The summed E-state index contributed by atoms with van der Waals surface area (Å²) in [4.78, 5) is 13.4. The maximum atomic E-state index is 11.2. The number of nitrogens with zero attached hydrogens (tertiary/aromatic N) is 1. The third-order valence-electron chi connectivity index (χ3n) is 3.77. The summed E-state index contributed by atoms with van der Waals surface area (Å²) in [5, 5.41) is 10.3. The van der Waals surface area contributed by atoms with Crippen molar-refractivity contribution < 1.29 is 14.6 Å². The molecule has 2 rings (SSSR count). The molecule has 1 aromatic carbocycles. The minimum Gasteiger partial charge on any atom is -0.495 e. The van der Waals surface area contributed by atoms with Crippen molar-refractivity contribution in [3.8, 4) is 5.75 Å². The molecule has 0 aromatic heterocycles. The van der Waals surface area contributed by atoms with Crippen molar-refractivity contribution in [1.82, 2.24) is 4.90 Å². The van der Waals surface area contributed by atoms with Gasteiger partial charge in [-0.3, -0.25) is 9.69 Å². The third-order valence-corrected chi connectivity index (χ3v) is 4.27. The normalized spacial score (nSPS) is 23.0. The summed E-state index contributed by atoms with van der Waals surface area (Å²) in [5.41, 5.74) is 0.883. The van der Waals surface area contributed by atoms with E-state index >= 15 is 0 Å². The number of carbonyl (C=O) groups is 1. The summed E-state index contributed by atoms with van der Waals surface area (Å²) >= 11 is 12.2. The lowest BCUT2D eigenvalue weighted by Crippen LogP contribution is -2.42. The Morgan fingerprint density at radius 3 is 2.76 bits per heavy atom. The fourth-order valence-corrected chi connectivity index (χ4v) is 3.58. The molecule has 0 saturated carbocycles. The standard InChI is InChI=1S/C15H19Cl2NO3/c1-9-3-11(15(19)20)8-18(6-9)7-10-4-12(16)5-13(17)14(10)21-2/h4-5,9,11H,3,6-8H2,1-2H3,(H,19,20). The summed E-state index contributed by atoms with van der Waals surface area (Å²) in [6.45, 7) is 4.05. The van der Waals surface area contributed by atoms with Crippen molar-refractivity contribution in [3.63, 3.8) is 0 Å². The van der Waals surface area contributed by atoms with Crippen LogP contribution in [-0.2, 0) is 11.3 Å². The Bertz CT molecular complexity index is 536. The number of rotatable bonds is 4. The van der Waals surface area contributed by atoms with Crippen LogP contribution in [0.1, 0.15) is 18.9 Å². The fourth-order valence-electron chi connectivity index (χ4n) is 2.97. The number of hydrogen-bond donors (Lipinski definition) is 1. The molecule has 1 N–H and O–H groups in total. The molecule has 6 heteroatoms. The minimum absolute atomic E-state index is 0.325. The molecule has 0 aliphatic carbocycles. The molecule has 0 radical (unpaired) electrons. The van der Waals surface area contributed by atoms with Crippen molar-refractivity contribution in [2.45, 2.75) is 19.9 Å². The molecule has 2 atom stereocenters. The lowest BCUT2D eigenvalue weighted by Gasteiger charge is -2.35. The Hall–Kier alpha value is -0.970. The fraction of sp³-hybridized carbons (Fsp3) is 0.533. The molecule has 1 aliphatic rings. The smallest absolute Gasteiger partial charge is 0.307 e. The SMILES string of the molecule is COc1c(Cl)cc(Cl)cc1CN1CC(C)CC(C(=O)O)C1. The summed E-state index contributed by atoms with van der Waals surface area (Å²) in [6.07, 6.45) is 0.721. The van der Waals surface area contributed by atoms with Crippen LogP contribution in [0.3, 0.4) is 0 Å². The number of likely N-dealkylation sites (tertiary alicyclic amines) is 1. The van der Waals surface area contributed by atoms with Gasteiger partial charge in [-0.2, -0.15) is 0 Å². The van der Waals surface area contributed by atoms with Crippen molar-refractivity contribution in [2.75, 3.05) is 20.2 Å². The summed E-state index contributed by atoms with van der Waals surface area (Å²) in [7, 11) is 1.57. The Kier molecular flexibility index (Phi) is 5.36. The highest BCUT2D eigenvalue weighted by Gasteiger charge is 2.30. The van der Waals surface area contributed by atoms with E-state index in [1.54, 1.807) is 13.2 Å². The molecule has 0 amide bonds. The van der Waals surface area contributed by atoms with Crippen LogP contribution in [0.25, 0.3) is 0 Å². The Labute approximate surface area is 134 Å². The number of hydrogen-bond acceptors (Lipinski definition) is 3. The number of carboxylic acids is 1. The van der Waals surface area contributed by atoms with E-state index in [1.807, 2.05) is 6.07 Å². The van der Waals surface area contributed by atoms with E-state index in [-0.39, 0.29) is 5.92 Å². The first-order valence-corrected chi connectivity index (χ1v) is 7.63. The lowest BCUT2D eigenvalue weighted by atomic mass is 9.90. The van der Waals surface area contributed by atoms with Crippen molar-refractivity contribution in [3.05, 3.63) is 27.7 Å². The van der Waals surface area contributed by atoms with Crippen LogP contribution in [0.2, 0.25) is 10.0 Å². The lowest BCUT2D eigenvalue weighted by molar-refractivity contribution is -0.144. The van der Waals surface area contributed by atoms with Gasteiger partial charge in [-0.05, 0) is 24.5 Å². The maximum absolute atomic E-state index is 11.2. The number of aliphatic carboxylic acids is 1. The molecule has 0 spiro atoms. The van der Waals surface area contributed by atoms with Crippen molar-refractivity contribution in [2.24, 2.45) is 11.8 Å². The molecular formula is C15H19Cl2NO3. The number of carboxylic acid groups (broad SMARTS) is 1. The average molecular weight is 332 g/mol. The number of ether oxygens (including phenoxy) is 1. The van der Waals surface area contributed by atoms with E-state index in [4.69, 9.17) is 27.9 Å². The second kappa shape index (κ2) is 6.86. The molecule has 2 unspecified atom stereocenters. The third kappa shape index (κ3) is 4.02. The predicted molar refractivity (Wildman–Crippen MR) is 83.2 cm³/mol. The van der Waals surface area contributed by atoms with Crippen LogP contribution in [-0.4, -0.2) is 36.2 Å². The van der Waals surface area contributed by atoms with Crippen LogP contribution < -0.4 is 4.74 Å². The molecule has 1 aliphatic heterocycles. The second-order valence-electron chi connectivity index (χ2n) is 5.65. The van der Waals surface area contributed by atoms with E-state index in [9.17, 15) is 9.90 Å². The molecule has 4 nitrogen and oxygen atoms in total. The number of piperidine rings is 1. The Balaban J connectivity index is 2.19. The van der Waals surface area contributed by atoms with Gasteiger partial charge >= 0.3 is 5.97 Å². The molecule has 21 heavy (non-hydrogen) atoms. The first kappa shape index (κ1) is 16.4. The highest BCUT2D eigenvalue weighted by molar-refractivity contribution is 6.35. The Morgan fingerprint density at radius 2 is 2.14 bits per heavy atom. The van der Waals surface area contributed by atoms with Crippen LogP contribution in [0.4, 0.5) is 0 Å². The van der Waals surface area contributed by atoms with Gasteiger partial charge in [0.2, 0.25) is 0 Å². The van der Waals surface area contributed by atoms with Crippen molar-refractivity contribution in [1.29, 1.82) is 0 Å². The van der Waals surface area contributed by atoms with Gasteiger partial charge < -0.3 is 9.84 Å². The molecule has 1 aromatic rings. The van der Waals surface area contributed by atoms with Crippen molar-refractivity contribution >= 4 is 29.2 Å². The second-order valence-corrected chi connectivity index (χ2v) is 6.49. The molecule has 1 saturated heterocycles. The van der Waals surface area contributed by atoms with Crippen LogP contribution >= 0.6 is 23.2 Å². The van der Waals surface area contributed by atoms with E-state index in [1.165, 1.54) is 0 Å². The highest BCUT2D eigenvalue weighted by atomic mass is 35.5. The molecule has 1 heterocycles. The first-order valence-electron chi connectivity index (χ1n) is 6.87. The molecule has 0 bridgehead atoms. The van der Waals surface area contributed by atoms with E-state index in [0.717, 1.165) is 18.5 Å². The zero-order chi connectivity index (χ0) is 15.6. The summed E-state index contributed by atoms with van der Waals surface area (Å²) in [5.74, 6) is -0.108. The monoisotopic (exact) mass is 331 g/mol. The summed E-state index contributed by atoms with van der Waals surface area (Å²) < 4.78 is 5.34. The Morgan fingerprint density at radius 1 is 1.43 bits per heavy atom. The van der Waals surface area contributed by atoms with Gasteiger partial charge in [0.1, 0.15) is 5.75 Å². The van der Waals surface area contributed by atoms with E-state index < -0.39 is 5.97 Å². The zero-order valence-electron chi connectivity index (χ0n) is 12.1. The molecular weight excluding hydrogens is 313 g/mol. The molecule has 1 fully saturated rings. The van der Waals surface area contributed by atoms with Gasteiger partial charge in [0.15, 0.2) is 0 Å².